The highest BCUT2D eigenvalue weighted by Crippen LogP contribution is 2.33. The van der Waals surface area contributed by atoms with Crippen molar-refractivity contribution in [1.82, 2.24) is 18.7 Å². The summed E-state index contributed by atoms with van der Waals surface area (Å²) in [6.07, 6.45) is 0.853. The Morgan fingerprint density at radius 2 is 1.78 bits per heavy atom. The molecule has 8 heteroatoms. The van der Waals surface area contributed by atoms with Gasteiger partial charge in [0.05, 0.1) is 6.54 Å². The summed E-state index contributed by atoms with van der Waals surface area (Å²) in [6, 6.07) is 12.0. The third kappa shape index (κ3) is 3.05. The number of hydrogen-bond donors (Lipinski definition) is 0. The molecule has 0 amide bonds. The lowest BCUT2D eigenvalue weighted by Gasteiger charge is -2.30. The fourth-order valence-electron chi connectivity index (χ4n) is 4.43. The number of aromatic nitrogens is 4. The van der Waals surface area contributed by atoms with Crippen molar-refractivity contribution in [3.63, 3.8) is 0 Å². The first-order chi connectivity index (χ1) is 15.4. The van der Waals surface area contributed by atoms with Crippen LogP contribution < -0.4 is 16.1 Å². The summed E-state index contributed by atoms with van der Waals surface area (Å²) < 4.78 is 17.8. The van der Waals surface area contributed by atoms with Crippen LogP contribution >= 0.6 is 0 Å². The lowest BCUT2D eigenvalue weighted by molar-refractivity contribution is 0.596. The van der Waals surface area contributed by atoms with Crippen LogP contribution in [0.4, 0.5) is 16.0 Å². The van der Waals surface area contributed by atoms with Gasteiger partial charge in [-0.15, -0.1) is 0 Å². The largest absolute Gasteiger partial charge is 0.332 e. The standard InChI is InChI=1S/C24H24FN5O2/c1-15-6-4-7-19(16(15)2)28-12-5-13-29-20-21(26-23(28)29)27(3)24(32)30(22(20)31)14-17-8-10-18(25)11-9-17/h4,6-11H,5,12-14H2,1-3H3. The van der Waals surface area contributed by atoms with Crippen molar-refractivity contribution in [3.05, 3.63) is 85.8 Å². The minimum absolute atomic E-state index is 0.0724. The van der Waals surface area contributed by atoms with Crippen LogP contribution in [0, 0.1) is 19.7 Å². The number of nitrogens with zero attached hydrogens (tertiary/aromatic N) is 5. The van der Waals surface area contributed by atoms with Crippen molar-refractivity contribution in [2.45, 2.75) is 33.4 Å². The second-order valence-electron chi connectivity index (χ2n) is 8.32. The fourth-order valence-corrected chi connectivity index (χ4v) is 4.43. The molecule has 1 aliphatic rings. The van der Waals surface area contributed by atoms with E-state index in [0.717, 1.165) is 24.2 Å². The first kappa shape index (κ1) is 20.2. The number of benzene rings is 2. The summed E-state index contributed by atoms with van der Waals surface area (Å²) in [5.74, 6) is 0.312. The molecule has 0 saturated heterocycles. The van der Waals surface area contributed by atoms with Gasteiger partial charge in [0.25, 0.3) is 5.56 Å². The molecule has 2 aromatic carbocycles. The molecule has 32 heavy (non-hydrogen) atoms. The molecule has 0 aliphatic carbocycles. The van der Waals surface area contributed by atoms with Crippen LogP contribution in [0.5, 0.6) is 0 Å². The van der Waals surface area contributed by atoms with Gasteiger partial charge < -0.3 is 9.47 Å². The summed E-state index contributed by atoms with van der Waals surface area (Å²) >= 11 is 0. The summed E-state index contributed by atoms with van der Waals surface area (Å²) in [6.45, 7) is 5.66. The van der Waals surface area contributed by atoms with Crippen molar-refractivity contribution in [1.29, 1.82) is 0 Å². The molecule has 0 unspecified atom stereocenters. The van der Waals surface area contributed by atoms with Crippen LogP contribution in [0.2, 0.25) is 0 Å². The SMILES string of the molecule is Cc1cccc(N2CCCn3c2nc2c3c(=O)n(Cc3ccc(F)cc3)c(=O)n2C)c1C. The van der Waals surface area contributed by atoms with Crippen molar-refractivity contribution < 1.29 is 4.39 Å². The van der Waals surface area contributed by atoms with Crippen LogP contribution in [0.3, 0.4) is 0 Å². The van der Waals surface area contributed by atoms with E-state index < -0.39 is 5.69 Å². The van der Waals surface area contributed by atoms with E-state index >= 15 is 0 Å². The van der Waals surface area contributed by atoms with Crippen LogP contribution in [0.1, 0.15) is 23.1 Å². The lowest BCUT2D eigenvalue weighted by Crippen LogP contribution is -2.40. The maximum absolute atomic E-state index is 13.5. The molecule has 0 N–H and O–H groups in total. The quantitative estimate of drug-likeness (QED) is 0.498. The number of hydrogen-bond acceptors (Lipinski definition) is 4. The third-order valence-corrected chi connectivity index (χ3v) is 6.34. The summed E-state index contributed by atoms with van der Waals surface area (Å²) in [5.41, 5.74) is 4.05. The van der Waals surface area contributed by atoms with E-state index in [0.29, 0.717) is 29.2 Å². The average molecular weight is 433 g/mol. The maximum atomic E-state index is 13.5. The van der Waals surface area contributed by atoms with Gasteiger partial charge in [-0.25, -0.2) is 9.18 Å². The van der Waals surface area contributed by atoms with Gasteiger partial charge in [-0.1, -0.05) is 24.3 Å². The van der Waals surface area contributed by atoms with Gasteiger partial charge in [-0.2, -0.15) is 4.98 Å². The molecule has 164 valence electrons. The molecule has 0 fully saturated rings. The molecule has 0 radical (unpaired) electrons. The highest BCUT2D eigenvalue weighted by Gasteiger charge is 2.27. The van der Waals surface area contributed by atoms with E-state index in [-0.39, 0.29) is 17.9 Å². The normalized spacial score (nSPS) is 13.6. The predicted molar refractivity (Wildman–Crippen MR) is 122 cm³/mol. The van der Waals surface area contributed by atoms with Crippen molar-refractivity contribution in [2.75, 3.05) is 11.4 Å². The molecule has 0 atom stereocenters. The van der Waals surface area contributed by atoms with Gasteiger partial charge >= 0.3 is 5.69 Å². The van der Waals surface area contributed by atoms with Crippen LogP contribution in [-0.4, -0.2) is 25.2 Å². The van der Waals surface area contributed by atoms with Gasteiger partial charge in [0, 0.05) is 25.8 Å². The molecule has 2 aromatic heterocycles. The monoisotopic (exact) mass is 433 g/mol. The number of aryl methyl sites for hydroxylation is 3. The molecule has 1 aliphatic heterocycles. The van der Waals surface area contributed by atoms with E-state index in [9.17, 15) is 14.0 Å². The Balaban J connectivity index is 1.71. The van der Waals surface area contributed by atoms with E-state index in [2.05, 4.69) is 30.9 Å². The highest BCUT2D eigenvalue weighted by molar-refractivity contribution is 5.77. The topological polar surface area (TPSA) is 65.1 Å². The first-order valence-electron chi connectivity index (χ1n) is 10.6. The molecule has 4 aromatic rings. The zero-order chi connectivity index (χ0) is 22.6. The second kappa shape index (κ2) is 7.47. The molecule has 0 bridgehead atoms. The van der Waals surface area contributed by atoms with Crippen LogP contribution in [0.25, 0.3) is 11.2 Å². The number of imidazole rings is 1. The Morgan fingerprint density at radius 3 is 2.53 bits per heavy atom. The highest BCUT2D eigenvalue weighted by atomic mass is 19.1. The fraction of sp³-hybridized carbons (Fsp3) is 0.292. The predicted octanol–water partition coefficient (Wildman–Crippen LogP) is 3.24. The minimum atomic E-state index is -0.444. The second-order valence-corrected chi connectivity index (χ2v) is 8.32. The summed E-state index contributed by atoms with van der Waals surface area (Å²) in [7, 11) is 1.63. The smallest absolute Gasteiger partial charge is 0.312 e. The van der Waals surface area contributed by atoms with Crippen molar-refractivity contribution in [3.8, 4) is 0 Å². The maximum Gasteiger partial charge on any atom is 0.332 e. The van der Waals surface area contributed by atoms with Crippen molar-refractivity contribution >= 4 is 22.8 Å². The van der Waals surface area contributed by atoms with Gasteiger partial charge in [-0.05, 0) is 55.2 Å². The Morgan fingerprint density at radius 1 is 1.03 bits per heavy atom. The van der Waals surface area contributed by atoms with E-state index in [1.54, 1.807) is 19.2 Å². The molecule has 0 spiro atoms. The number of fused-ring (bicyclic) bond motifs is 3. The van der Waals surface area contributed by atoms with Gasteiger partial charge in [0.1, 0.15) is 5.82 Å². The number of halogens is 1. The van der Waals surface area contributed by atoms with Gasteiger partial charge in [0.2, 0.25) is 5.95 Å². The van der Waals surface area contributed by atoms with E-state index in [1.165, 1.54) is 26.8 Å². The van der Waals surface area contributed by atoms with Crippen LogP contribution in [0.15, 0.2) is 52.1 Å². The zero-order valence-corrected chi connectivity index (χ0v) is 18.3. The number of rotatable bonds is 3. The minimum Gasteiger partial charge on any atom is -0.312 e. The van der Waals surface area contributed by atoms with Crippen LogP contribution in [-0.2, 0) is 20.1 Å². The van der Waals surface area contributed by atoms with E-state index in [1.807, 2.05) is 10.6 Å². The molecule has 0 saturated carbocycles. The zero-order valence-electron chi connectivity index (χ0n) is 18.3. The Kier molecular flexibility index (Phi) is 4.73. The Labute approximate surface area is 184 Å². The summed E-state index contributed by atoms with van der Waals surface area (Å²) in [4.78, 5) is 33.4. The molecule has 7 nitrogen and oxygen atoms in total. The van der Waals surface area contributed by atoms with Gasteiger partial charge in [-0.3, -0.25) is 13.9 Å². The Bertz CT molecular complexity index is 1460. The molecule has 3 heterocycles. The first-order valence-corrected chi connectivity index (χ1v) is 10.6. The molecule has 5 rings (SSSR count). The summed E-state index contributed by atoms with van der Waals surface area (Å²) in [5, 5.41) is 0. The van der Waals surface area contributed by atoms with Gasteiger partial charge in [0.15, 0.2) is 11.2 Å². The number of anilines is 2. The van der Waals surface area contributed by atoms with Crippen molar-refractivity contribution in [2.24, 2.45) is 7.05 Å². The lowest BCUT2D eigenvalue weighted by atomic mass is 10.1. The third-order valence-electron chi connectivity index (χ3n) is 6.34. The molecular weight excluding hydrogens is 409 g/mol. The van der Waals surface area contributed by atoms with E-state index in [4.69, 9.17) is 4.98 Å². The molecular formula is C24H24FN5O2. The average Bonchev–Trinajstić information content (AvgIpc) is 3.18. The Hall–Kier alpha value is -3.68.